The summed E-state index contributed by atoms with van der Waals surface area (Å²) in [5.74, 6) is 0.850. The molecule has 0 saturated carbocycles. The molecular weight excluding hydrogens is 272 g/mol. The lowest BCUT2D eigenvalue weighted by atomic mass is 10.1. The molecule has 2 rings (SSSR count). The predicted octanol–water partition coefficient (Wildman–Crippen LogP) is 4.09. The zero-order valence-corrected chi connectivity index (χ0v) is 13.1. The number of hydrogen-bond acceptors (Lipinski definition) is 3. The lowest BCUT2D eigenvalue weighted by Crippen LogP contribution is -2.14. The van der Waals surface area contributed by atoms with Gasteiger partial charge >= 0.3 is 0 Å². The molecule has 1 atom stereocenters. The summed E-state index contributed by atoms with van der Waals surface area (Å²) in [5.41, 5.74) is 2.05. The SMILES string of the molecule is CCCC(COC)n1c(=S)[nH]c2c(OCC)cccc21. The van der Waals surface area contributed by atoms with E-state index in [-0.39, 0.29) is 6.04 Å². The Kier molecular flexibility index (Phi) is 5.20. The molecule has 0 fully saturated rings. The zero-order valence-electron chi connectivity index (χ0n) is 12.3. The molecule has 0 aliphatic carbocycles. The Morgan fingerprint density at radius 1 is 1.35 bits per heavy atom. The minimum absolute atomic E-state index is 0.253. The molecule has 0 spiro atoms. The lowest BCUT2D eigenvalue weighted by molar-refractivity contribution is 0.151. The van der Waals surface area contributed by atoms with Crippen molar-refractivity contribution in [3.8, 4) is 5.75 Å². The number of methoxy groups -OCH3 is 1. The fraction of sp³-hybridized carbons (Fsp3) is 0.533. The van der Waals surface area contributed by atoms with Crippen molar-refractivity contribution >= 4 is 23.3 Å². The van der Waals surface area contributed by atoms with Gasteiger partial charge in [0.25, 0.3) is 0 Å². The number of nitrogens with one attached hydrogen (secondary N) is 1. The Morgan fingerprint density at radius 2 is 2.15 bits per heavy atom. The molecule has 1 N–H and O–H groups in total. The van der Waals surface area contributed by atoms with E-state index in [0.29, 0.717) is 13.2 Å². The van der Waals surface area contributed by atoms with E-state index in [1.807, 2.05) is 19.1 Å². The first-order chi connectivity index (χ1) is 9.72. The molecule has 1 unspecified atom stereocenters. The number of imidazole rings is 1. The third-order valence-electron chi connectivity index (χ3n) is 3.36. The average molecular weight is 294 g/mol. The number of aromatic amines is 1. The molecular formula is C15H22N2O2S. The lowest BCUT2D eigenvalue weighted by Gasteiger charge is -2.18. The van der Waals surface area contributed by atoms with Crippen LogP contribution < -0.4 is 4.74 Å². The first-order valence-corrected chi connectivity index (χ1v) is 7.48. The molecule has 2 aromatic rings. The number of rotatable bonds is 7. The van der Waals surface area contributed by atoms with Gasteiger partial charge in [0.15, 0.2) is 4.77 Å². The first-order valence-electron chi connectivity index (χ1n) is 7.07. The third-order valence-corrected chi connectivity index (χ3v) is 3.66. The minimum Gasteiger partial charge on any atom is -0.492 e. The van der Waals surface area contributed by atoms with Gasteiger partial charge in [0, 0.05) is 7.11 Å². The number of ether oxygens (including phenoxy) is 2. The Hall–Kier alpha value is -1.33. The number of H-pyrrole nitrogens is 1. The minimum atomic E-state index is 0.253. The van der Waals surface area contributed by atoms with E-state index in [1.165, 1.54) is 0 Å². The molecule has 4 nitrogen and oxygen atoms in total. The van der Waals surface area contributed by atoms with E-state index in [0.717, 1.165) is 34.4 Å². The van der Waals surface area contributed by atoms with Gasteiger partial charge in [-0.1, -0.05) is 19.4 Å². The Labute approximate surface area is 124 Å². The largest absolute Gasteiger partial charge is 0.492 e. The van der Waals surface area contributed by atoms with Crippen LogP contribution in [0.4, 0.5) is 0 Å². The molecule has 1 aromatic heterocycles. The van der Waals surface area contributed by atoms with Gasteiger partial charge in [-0.3, -0.25) is 0 Å². The number of aromatic nitrogens is 2. The summed E-state index contributed by atoms with van der Waals surface area (Å²) in [7, 11) is 1.73. The van der Waals surface area contributed by atoms with Crippen LogP contribution in [0.15, 0.2) is 18.2 Å². The number of hydrogen-bond donors (Lipinski definition) is 1. The van der Waals surface area contributed by atoms with Crippen LogP contribution in [-0.2, 0) is 4.74 Å². The molecule has 0 aliphatic heterocycles. The van der Waals surface area contributed by atoms with Crippen LogP contribution in [0, 0.1) is 4.77 Å². The normalized spacial score (nSPS) is 12.8. The van der Waals surface area contributed by atoms with Crippen molar-refractivity contribution in [1.82, 2.24) is 9.55 Å². The highest BCUT2D eigenvalue weighted by Gasteiger charge is 2.16. The van der Waals surface area contributed by atoms with E-state index in [4.69, 9.17) is 21.7 Å². The highest BCUT2D eigenvalue weighted by molar-refractivity contribution is 7.71. The summed E-state index contributed by atoms with van der Waals surface area (Å²) in [6, 6.07) is 6.29. The van der Waals surface area contributed by atoms with Crippen molar-refractivity contribution < 1.29 is 9.47 Å². The second kappa shape index (κ2) is 6.90. The van der Waals surface area contributed by atoms with Crippen LogP contribution in [0.1, 0.15) is 32.7 Å². The van der Waals surface area contributed by atoms with Gasteiger partial charge in [-0.25, -0.2) is 0 Å². The van der Waals surface area contributed by atoms with Gasteiger partial charge in [-0.15, -0.1) is 0 Å². The summed E-state index contributed by atoms with van der Waals surface area (Å²) >= 11 is 5.50. The summed E-state index contributed by atoms with van der Waals surface area (Å²) in [6.45, 7) is 5.46. The van der Waals surface area contributed by atoms with Crippen LogP contribution in [-0.4, -0.2) is 29.9 Å². The summed E-state index contributed by atoms with van der Waals surface area (Å²) in [5, 5.41) is 0. The fourth-order valence-corrected chi connectivity index (χ4v) is 2.92. The third kappa shape index (κ3) is 2.88. The van der Waals surface area contributed by atoms with Crippen molar-refractivity contribution in [3.63, 3.8) is 0 Å². The van der Waals surface area contributed by atoms with Crippen molar-refractivity contribution in [2.45, 2.75) is 32.7 Å². The zero-order chi connectivity index (χ0) is 14.5. The van der Waals surface area contributed by atoms with Gasteiger partial charge in [0.2, 0.25) is 0 Å². The Morgan fingerprint density at radius 3 is 2.80 bits per heavy atom. The molecule has 0 radical (unpaired) electrons. The van der Waals surface area contributed by atoms with E-state index in [1.54, 1.807) is 7.11 Å². The maximum atomic E-state index is 5.67. The molecule has 0 aliphatic rings. The Balaban J connectivity index is 2.55. The van der Waals surface area contributed by atoms with Gasteiger partial charge < -0.3 is 19.0 Å². The predicted molar refractivity (Wildman–Crippen MR) is 84.1 cm³/mol. The average Bonchev–Trinajstić information content (AvgIpc) is 2.76. The maximum Gasteiger partial charge on any atom is 0.178 e. The van der Waals surface area contributed by atoms with Gasteiger partial charge in [-0.05, 0) is 37.7 Å². The molecule has 1 aromatic carbocycles. The van der Waals surface area contributed by atoms with Crippen LogP contribution >= 0.6 is 12.2 Å². The van der Waals surface area contributed by atoms with Gasteiger partial charge in [0.05, 0.1) is 24.8 Å². The van der Waals surface area contributed by atoms with Crippen molar-refractivity contribution in [3.05, 3.63) is 23.0 Å². The Bertz CT molecular complexity index is 612. The molecule has 0 saturated heterocycles. The smallest absolute Gasteiger partial charge is 0.178 e. The van der Waals surface area contributed by atoms with Crippen molar-refractivity contribution in [2.75, 3.05) is 20.3 Å². The quantitative estimate of drug-likeness (QED) is 0.782. The van der Waals surface area contributed by atoms with Crippen LogP contribution in [0.5, 0.6) is 5.75 Å². The summed E-state index contributed by atoms with van der Waals surface area (Å²) < 4.78 is 13.9. The van der Waals surface area contributed by atoms with Gasteiger partial charge in [0.1, 0.15) is 11.3 Å². The maximum absolute atomic E-state index is 5.67. The van der Waals surface area contributed by atoms with E-state index < -0.39 is 0 Å². The molecule has 5 heteroatoms. The topological polar surface area (TPSA) is 39.2 Å². The summed E-state index contributed by atoms with van der Waals surface area (Å²) in [6.07, 6.45) is 2.13. The highest BCUT2D eigenvalue weighted by Crippen LogP contribution is 2.28. The molecule has 0 bridgehead atoms. The molecule has 110 valence electrons. The fourth-order valence-electron chi connectivity index (χ4n) is 2.57. The standard InChI is InChI=1S/C15H22N2O2S/c1-4-7-11(10-18-3)17-12-8-6-9-13(19-5-2)14(12)16-15(17)20/h6,8-9,11H,4-5,7,10H2,1-3H3,(H,16,20). The number of benzene rings is 1. The monoisotopic (exact) mass is 294 g/mol. The number of para-hydroxylation sites is 1. The number of nitrogens with zero attached hydrogens (tertiary/aromatic N) is 1. The highest BCUT2D eigenvalue weighted by atomic mass is 32.1. The van der Waals surface area contributed by atoms with E-state index in [9.17, 15) is 0 Å². The van der Waals surface area contributed by atoms with Crippen LogP contribution in [0.2, 0.25) is 0 Å². The van der Waals surface area contributed by atoms with Crippen molar-refractivity contribution in [1.29, 1.82) is 0 Å². The molecule has 0 amide bonds. The van der Waals surface area contributed by atoms with Crippen LogP contribution in [0.25, 0.3) is 11.0 Å². The van der Waals surface area contributed by atoms with E-state index >= 15 is 0 Å². The second-order valence-corrected chi connectivity index (χ2v) is 5.17. The summed E-state index contributed by atoms with van der Waals surface area (Å²) in [4.78, 5) is 3.27. The molecule has 1 heterocycles. The first kappa shape index (κ1) is 15.1. The van der Waals surface area contributed by atoms with Gasteiger partial charge in [-0.2, -0.15) is 0 Å². The number of fused-ring (bicyclic) bond motifs is 1. The van der Waals surface area contributed by atoms with E-state index in [2.05, 4.69) is 22.5 Å². The second-order valence-electron chi connectivity index (χ2n) is 4.78. The van der Waals surface area contributed by atoms with Crippen molar-refractivity contribution in [2.24, 2.45) is 0 Å². The van der Waals surface area contributed by atoms with Crippen LogP contribution in [0.3, 0.4) is 0 Å². The molecule has 20 heavy (non-hydrogen) atoms.